The predicted molar refractivity (Wildman–Crippen MR) is 579 cm³/mol. The van der Waals surface area contributed by atoms with E-state index in [9.17, 15) is 56.2 Å². The maximum absolute atomic E-state index is 13.7. The summed E-state index contributed by atoms with van der Waals surface area (Å²) in [6, 6.07) is 33.0. The molecule has 2 aliphatic rings. The van der Waals surface area contributed by atoms with E-state index in [2.05, 4.69) is 97.6 Å². The van der Waals surface area contributed by atoms with E-state index in [0.29, 0.717) is 59.8 Å². The molecule has 5 amide bonds. The zero-order chi connectivity index (χ0) is 110. The first-order valence-corrected chi connectivity index (χ1v) is 49.7. The number of fused-ring (bicyclic) bond motifs is 2. The Bertz CT molecular complexity index is 6950. The second-order valence-electron chi connectivity index (χ2n) is 36.2. The van der Waals surface area contributed by atoms with Crippen LogP contribution in [0.2, 0.25) is 66.3 Å². The summed E-state index contributed by atoms with van der Waals surface area (Å²) in [6.07, 6.45) is -0.560. The number of hydrogen-bond donors (Lipinski definition) is 8. The van der Waals surface area contributed by atoms with E-state index in [1.807, 2.05) is 169 Å². The number of aromatic hydroxyl groups is 1. The molecule has 0 saturated carbocycles. The zero-order valence-electron chi connectivity index (χ0n) is 84.1. The number of rotatable bonds is 12. The number of urea groups is 1. The van der Waals surface area contributed by atoms with Gasteiger partial charge in [-0.25, -0.2) is 72.0 Å². The summed E-state index contributed by atoms with van der Waals surface area (Å²) < 4.78 is 50.0. The SMILES string of the molecule is C[C@H]1CN(C(=O)OC(C)(C)C)CCN1.Cc1cccc(C(C)C)c1-n1c(=O)[nH]c(=O)c2cc(Cl)c(Cl)nc21.Cc1cccc(C(C)C)c1-n1c(=O)nc(N2CCN(C(=O)OC(C)(C)C)C[C@@H]2C)c2cc(Cl)c(Cl)nc21.Cc1cccc(C(C)C)c1N.Cc1cccc(C(C)C)c1NC(=O)NC(=O)c1cc(Cl)c(Cl)nc1Cl.O=C(O)c1cc(Cl)c(Cl)nc1Cl.O=C(O)c1cc(Cl)c(Cl)nc1Cl.Oc1cccc(F)c1B(F)F.[F-].[K+]. The number of para-hydroxylation sites is 4. The van der Waals surface area contributed by atoms with E-state index in [0.717, 1.165) is 94.7 Å². The minimum Gasteiger partial charge on any atom is -1.00 e. The summed E-state index contributed by atoms with van der Waals surface area (Å²) in [6.45, 7) is 43.2. The van der Waals surface area contributed by atoms with Gasteiger partial charge in [-0.2, -0.15) is 4.98 Å². The fourth-order valence-corrected chi connectivity index (χ4v) is 16.6. The number of ether oxygens (including phenoxy) is 2. The molecule has 49 heteroatoms. The number of carbonyl (C=O) groups excluding carboxylic acids is 4. The third-order valence-corrected chi connectivity index (χ3v) is 25.6. The number of anilines is 3. The van der Waals surface area contributed by atoms with Gasteiger partial charge in [-0.3, -0.25) is 28.5 Å². The maximum Gasteiger partial charge on any atom is 1.00 e. The van der Waals surface area contributed by atoms with E-state index in [4.69, 9.17) is 181 Å². The number of carbonyl (C=O) groups is 6. The fraction of sp³-hybridized carbons (Fsp3) is 0.343. The Morgan fingerprint density at radius 2 is 0.892 bits per heavy atom. The van der Waals surface area contributed by atoms with Gasteiger partial charge in [0.1, 0.15) is 69.8 Å². The smallest absolute Gasteiger partial charge is 1.00 e. The molecule has 790 valence electrons. The van der Waals surface area contributed by atoms with Gasteiger partial charge in [0.25, 0.3) is 11.5 Å². The molecule has 148 heavy (non-hydrogen) atoms. The van der Waals surface area contributed by atoms with Crippen molar-refractivity contribution in [2.24, 2.45) is 0 Å². The number of phenols is 1. The fourth-order valence-electron chi connectivity index (χ4n) is 14.3. The molecule has 30 nitrogen and oxygen atoms in total. The first-order chi connectivity index (χ1) is 68.0. The van der Waals surface area contributed by atoms with Crippen molar-refractivity contribution in [2.45, 2.75) is 185 Å². The van der Waals surface area contributed by atoms with Crippen LogP contribution in [0.4, 0.5) is 44.6 Å². The van der Waals surface area contributed by atoms with Crippen molar-refractivity contribution < 1.29 is 123 Å². The van der Waals surface area contributed by atoms with E-state index in [-0.39, 0.29) is 186 Å². The number of hydrogen-bond acceptors (Lipinski definition) is 21. The Morgan fingerprint density at radius 3 is 1.31 bits per heavy atom. The second kappa shape index (κ2) is 57.6. The molecule has 9 N–H and O–H groups in total. The molecule has 0 unspecified atom stereocenters. The number of carboxylic acids is 2. The monoisotopic (exact) mass is 2320 g/mol. The number of pyridine rings is 5. The number of H-pyrrole nitrogens is 1. The maximum atomic E-state index is 13.7. The molecule has 2 saturated heterocycles. The molecular weight excluding hydrogens is 2220 g/mol. The second-order valence-corrected chi connectivity index (χ2v) is 41.1. The average Bonchev–Trinajstić information content (AvgIpc) is 0.739. The number of aromatic carboxylic acids is 2. The van der Waals surface area contributed by atoms with Crippen LogP contribution in [0.3, 0.4) is 0 Å². The van der Waals surface area contributed by atoms with Gasteiger partial charge in [-0.05, 0) is 194 Å². The average molecular weight is 2330 g/mol. The van der Waals surface area contributed by atoms with Crippen LogP contribution in [0.1, 0.15) is 210 Å². The van der Waals surface area contributed by atoms with Crippen molar-refractivity contribution in [1.29, 1.82) is 0 Å². The van der Waals surface area contributed by atoms with Crippen molar-refractivity contribution in [3.8, 4) is 17.1 Å². The molecule has 5 aromatic carbocycles. The number of phenolic OH excluding ortho intramolecular Hbond substituents is 1. The quantitative estimate of drug-likeness (QED) is 0.0244. The number of nitrogen functional groups attached to an aromatic ring is 1. The Kier molecular flexibility index (Phi) is 50.3. The molecule has 0 spiro atoms. The number of aromatic amines is 1. The number of aromatic nitrogens is 9. The zero-order valence-corrected chi connectivity index (χ0v) is 97.0. The van der Waals surface area contributed by atoms with Crippen LogP contribution in [-0.2, 0) is 9.47 Å². The Morgan fingerprint density at radius 1 is 0.500 bits per heavy atom. The number of nitrogens with zero attached hydrogens (tertiary/aromatic N) is 11. The number of nitrogens with two attached hydrogens (primary N) is 1. The molecule has 0 aliphatic carbocycles. The minimum absolute atomic E-state index is 0. The minimum atomic E-state index is -2.98. The van der Waals surface area contributed by atoms with Crippen molar-refractivity contribution >= 4 is 239 Å². The molecule has 14 rings (SSSR count). The summed E-state index contributed by atoms with van der Waals surface area (Å²) in [5, 5.41) is 35.2. The molecule has 9 heterocycles. The number of piperazine rings is 2. The van der Waals surface area contributed by atoms with Gasteiger partial charge < -0.3 is 60.6 Å². The first-order valence-electron chi connectivity index (χ1n) is 44.8. The molecule has 0 bridgehead atoms. The van der Waals surface area contributed by atoms with Crippen LogP contribution >= 0.6 is 151 Å². The van der Waals surface area contributed by atoms with Gasteiger partial charge in [0, 0.05) is 62.7 Å². The van der Waals surface area contributed by atoms with Crippen molar-refractivity contribution in [3.63, 3.8) is 0 Å². The topological polar surface area (TPSA) is 408 Å². The number of halogens is 17. The van der Waals surface area contributed by atoms with Crippen molar-refractivity contribution in [2.75, 3.05) is 55.2 Å². The van der Waals surface area contributed by atoms with Gasteiger partial charge in [0.15, 0.2) is 11.3 Å². The van der Waals surface area contributed by atoms with Crippen LogP contribution in [-0.4, -0.2) is 175 Å². The number of benzene rings is 5. The number of nitrogens with one attached hydrogen (secondary N) is 4. The van der Waals surface area contributed by atoms with Gasteiger partial charge in [-0.15, -0.1) is 0 Å². The van der Waals surface area contributed by atoms with E-state index in [1.165, 1.54) is 32.4 Å². The summed E-state index contributed by atoms with van der Waals surface area (Å²) in [5.74, 6) is -3.35. The molecule has 12 aromatic rings. The van der Waals surface area contributed by atoms with Crippen LogP contribution in [0, 0.1) is 33.5 Å². The normalized spacial score (nSPS) is 13.1. The Labute approximate surface area is 960 Å². The predicted octanol–water partition coefficient (Wildman–Crippen LogP) is 19.8. The third-order valence-electron chi connectivity index (χ3n) is 21.3. The molecule has 2 atom stereocenters. The molecule has 7 aromatic heterocycles. The van der Waals surface area contributed by atoms with Gasteiger partial charge in [-0.1, -0.05) is 285 Å². The van der Waals surface area contributed by atoms with E-state index < -0.39 is 76.3 Å². The van der Waals surface area contributed by atoms with Crippen LogP contribution < -0.4 is 105 Å². The number of carboxylic acid groups (broad SMARTS) is 2. The number of aryl methyl sites for hydroxylation is 4. The van der Waals surface area contributed by atoms with Gasteiger partial charge >= 0.3 is 100 Å². The van der Waals surface area contributed by atoms with Gasteiger partial charge in [0.05, 0.1) is 69.4 Å². The Hall–Kier alpha value is -9.10. The number of imide groups is 1. The molecule has 0 radical (unpaired) electrons. The molecular formula is C99H107BCl13F4KN16O14. The van der Waals surface area contributed by atoms with Crippen molar-refractivity contribution in [1.82, 2.24) is 64.5 Å². The summed E-state index contributed by atoms with van der Waals surface area (Å²) in [7, 11) is -2.98. The first kappa shape index (κ1) is 129. The molecule has 2 fully saturated rings. The third kappa shape index (κ3) is 35.8. The van der Waals surface area contributed by atoms with E-state index in [1.54, 1.807) is 15.9 Å². The van der Waals surface area contributed by atoms with E-state index >= 15 is 0 Å². The van der Waals surface area contributed by atoms with Crippen LogP contribution in [0.25, 0.3) is 33.4 Å². The summed E-state index contributed by atoms with van der Waals surface area (Å²) >= 11 is 75.1. The standard InChI is InChI=1S/C27H33Cl2N5O3.C17H16Cl3N3O2.C17H15Cl2N3O2.C10H20N2O2.C10H15N.C6H4BF3O.2C6H2Cl3NO2.FH.K/c1-15(2)18-10-8-9-16(3)21(18)34-24-19(13-20(28)22(29)30-24)23(31-25(34)35)33-12-11-32(14-17(33)4)26(36)37-27(5,6)7;1-8(2)10-6-4-5-9(3)13(10)21-17(25)23-16(24)11-7-12(18)15(20)22-14(11)19;1-8(2)10-6-4-5-9(3)13(10)22-15-11(16(23)21-17(22)24)7-12(18)14(19)20-15;1-8-7-12(6-5-11-8)9(13)14-10(2,3)4;1-7(2)9-6-4-5-8(3)10(9)11;8-4-2-1-3-5(11)6(4)7(9)10;2*7-3-1-2(6(11)12)4(8)10-5(3)9;;/h8-10,13,15,17H,11-12,14H2,1-7H3;4-8H,1-3H3,(H2,21,23,24,25);4-8H,1-3H3,(H,21,23,24);8,11H,5-7H2,1-4H3;4-7H,11H2,1-3H3;1-3,11H;2*1H,(H,11,12);1H;/q;;;;;;;;;+1/p-1/t17-;;;8-;;;;;;/m0..0....../s1. The summed E-state index contributed by atoms with van der Waals surface area (Å²) in [5.41, 5.74) is 13.8. The van der Waals surface area contributed by atoms with Crippen molar-refractivity contribution in [3.05, 3.63) is 286 Å². The van der Waals surface area contributed by atoms with Gasteiger partial charge in [0.2, 0.25) is 0 Å². The molecule has 2 aliphatic heterocycles. The van der Waals surface area contributed by atoms with Crippen LogP contribution in [0.5, 0.6) is 5.75 Å². The number of amides is 5. The van der Waals surface area contributed by atoms with Crippen LogP contribution in [0.15, 0.2) is 136 Å². The Balaban J connectivity index is 0.000000310. The summed E-state index contributed by atoms with van der Waals surface area (Å²) in [4.78, 5) is 140. The largest absolute Gasteiger partial charge is 1.00 e.